The van der Waals surface area contributed by atoms with Crippen molar-refractivity contribution in [1.29, 1.82) is 0 Å². The van der Waals surface area contributed by atoms with Gasteiger partial charge in [0.05, 0.1) is 82.7 Å². The number of unbranched alkanes of at least 4 members (excludes halogenated alkanes) is 28. The predicted molar refractivity (Wildman–Crippen MR) is 470 cm³/mol. The molecule has 45 heteroatoms. The Labute approximate surface area is 787 Å². The topological polar surface area (TPSA) is 727 Å². The number of ether oxygens (including phenoxy) is 12. The lowest BCUT2D eigenvalue weighted by molar-refractivity contribution is -0.405. The number of aliphatic hydroxyl groups excluding tert-OH is 21. The Morgan fingerprint density at radius 1 is 0.393 bits per heavy atom. The van der Waals surface area contributed by atoms with Crippen molar-refractivity contribution in [2.45, 2.75) is 446 Å². The smallest absolute Gasteiger partial charge is 0.364 e. The first-order chi connectivity index (χ1) is 64.6. The van der Waals surface area contributed by atoms with Crippen molar-refractivity contribution in [1.82, 2.24) is 21.3 Å². The van der Waals surface area contributed by atoms with Crippen molar-refractivity contribution in [3.63, 3.8) is 0 Å². The van der Waals surface area contributed by atoms with E-state index < -0.39 is 315 Å². The van der Waals surface area contributed by atoms with Crippen molar-refractivity contribution in [3.05, 3.63) is 24.3 Å². The van der Waals surface area contributed by atoms with Gasteiger partial charge in [-0.15, -0.1) is 0 Å². The molecule has 12 unspecified atom stereocenters. The number of carbonyl (C=O) groups excluding carboxylic acids is 4. The van der Waals surface area contributed by atoms with Gasteiger partial charge in [-0.2, -0.15) is 0 Å². The summed E-state index contributed by atoms with van der Waals surface area (Å²) in [5, 5.41) is 267. The third-order valence-electron chi connectivity index (χ3n) is 25.4. The maximum absolute atomic E-state index is 14.1. The molecule has 0 bridgehead atoms. The van der Waals surface area contributed by atoms with E-state index in [0.29, 0.717) is 12.8 Å². The molecule has 6 saturated heterocycles. The molecule has 784 valence electrons. The van der Waals surface area contributed by atoms with Crippen LogP contribution in [0.3, 0.4) is 0 Å². The summed E-state index contributed by atoms with van der Waals surface area (Å²) < 4.78 is 72.2. The fourth-order valence-corrected chi connectivity index (χ4v) is 17.7. The van der Waals surface area contributed by atoms with Crippen molar-refractivity contribution in [2.24, 2.45) is 0 Å². The molecule has 6 aliphatic rings. The van der Waals surface area contributed by atoms with E-state index in [2.05, 4.69) is 47.3 Å². The number of nitrogens with one attached hydrogen (secondary N) is 4. The summed E-state index contributed by atoms with van der Waals surface area (Å²) in [6, 6.07) is -7.33. The fraction of sp³-hybridized carbons (Fsp3) is 0.889. The number of carbonyl (C=O) groups is 6. The minimum Gasteiger partial charge on any atom is -0.477 e. The molecule has 0 spiro atoms. The van der Waals surface area contributed by atoms with Crippen LogP contribution in [-0.2, 0) is 85.6 Å². The van der Waals surface area contributed by atoms with Gasteiger partial charge in [-0.3, -0.25) is 19.2 Å². The van der Waals surface area contributed by atoms with Crippen LogP contribution in [0.1, 0.15) is 239 Å². The van der Waals surface area contributed by atoms with E-state index in [9.17, 15) is 146 Å². The van der Waals surface area contributed by atoms with Crippen molar-refractivity contribution < 1.29 is 203 Å². The average Bonchev–Trinajstić information content (AvgIpc) is 0.743. The molecule has 135 heavy (non-hydrogen) atoms. The molecule has 0 aliphatic carbocycles. The highest BCUT2D eigenvalue weighted by Gasteiger charge is 2.64. The zero-order chi connectivity index (χ0) is 99.5. The zero-order valence-electron chi connectivity index (χ0n) is 77.8. The molecule has 6 fully saturated rings. The Balaban J connectivity index is 1.27. The standard InChI is InChI=1S/C90H158N4O41/c1-4-6-8-10-12-14-16-18-19-20-21-22-23-24-25-27-29-31-33-35-37-39-62(109)92-52(53(104)38-36-34-32-30-28-26-17-15-13-11-9-7-5-2)50-124-84-73(117)72(116)76(60(46-99)127-84)129-86-75(119)82(135-90(88(122)123)41-55(106)66(94-64(111)49-102)80(133-90)69(113)57(108)43-96)77(61(47-100)128-86)130-83-67(91-51(3)103)78(70(114)58(44-97)125-83)131-85-74(118)81(71(115)59(45-98)126-85)134-89(87(120)121)40-54(105)65(93-63(110)48-101)79(132-89)68(112)56(107)42-95/h18-19,36,38,52-61,65-86,95-102,104-108,112-119H,4-17,20-35,37,39-50H2,1-3H3,(H,91,103)(H,92,109)(H,93,110)(H,94,111)(H,120,121)(H,122,123)/b19-18-,38-36+/t52-,53+,54?,55?,56+,57+,58?,59?,60?,61?,65+,66+,67?,68+,69+,70-,71-,72+,73?,74?,75?,76+,77-,78+,79?,80?,81-,82+,83-,84+,85-,86-,89-,90-/m0/s1. The van der Waals surface area contributed by atoms with Gasteiger partial charge >= 0.3 is 11.9 Å². The lowest BCUT2D eigenvalue weighted by atomic mass is 9.88. The highest BCUT2D eigenvalue weighted by atomic mass is 16.8. The molecule has 0 radical (unpaired) electrons. The van der Waals surface area contributed by atoms with Crippen molar-refractivity contribution >= 4 is 35.6 Å². The minimum atomic E-state index is -3.58. The first kappa shape index (κ1) is 119. The highest BCUT2D eigenvalue weighted by molar-refractivity contribution is 5.79. The molecule has 0 aromatic heterocycles. The summed E-state index contributed by atoms with van der Waals surface area (Å²) in [6.07, 6.45) is -24.8. The van der Waals surface area contributed by atoms with E-state index in [0.717, 1.165) is 90.4 Å². The van der Waals surface area contributed by atoms with Gasteiger partial charge in [0.1, 0.15) is 147 Å². The number of allylic oxidation sites excluding steroid dienone is 3. The summed E-state index contributed by atoms with van der Waals surface area (Å²) in [5.74, 6) is -15.5. The largest absolute Gasteiger partial charge is 0.477 e. The van der Waals surface area contributed by atoms with Gasteiger partial charge < -0.3 is 196 Å². The second kappa shape index (κ2) is 62.4. The van der Waals surface area contributed by atoms with E-state index >= 15 is 0 Å². The van der Waals surface area contributed by atoms with Crippen LogP contribution >= 0.6 is 0 Å². The van der Waals surface area contributed by atoms with Gasteiger partial charge in [0.25, 0.3) is 11.6 Å². The van der Waals surface area contributed by atoms with E-state index in [1.54, 1.807) is 6.08 Å². The lowest BCUT2D eigenvalue weighted by Crippen LogP contribution is -2.72. The van der Waals surface area contributed by atoms with E-state index in [1.165, 1.54) is 109 Å². The van der Waals surface area contributed by atoms with Crippen molar-refractivity contribution in [3.8, 4) is 0 Å². The summed E-state index contributed by atoms with van der Waals surface area (Å²) in [4.78, 5) is 80.0. The number of carboxylic acids is 2. The van der Waals surface area contributed by atoms with Gasteiger partial charge in [0.15, 0.2) is 25.2 Å². The third-order valence-corrected chi connectivity index (χ3v) is 25.4. The maximum Gasteiger partial charge on any atom is 0.364 e. The fourth-order valence-electron chi connectivity index (χ4n) is 17.7. The molecule has 45 nitrogen and oxygen atoms in total. The maximum atomic E-state index is 14.1. The molecule has 6 heterocycles. The highest BCUT2D eigenvalue weighted by Crippen LogP contribution is 2.43. The van der Waals surface area contributed by atoms with Crippen LogP contribution in [0, 0.1) is 0 Å². The average molecular weight is 1950 g/mol. The normalized spacial score (nSPS) is 33.8. The molecule has 4 amide bonds. The number of amides is 4. The second-order valence-corrected chi connectivity index (χ2v) is 36.1. The van der Waals surface area contributed by atoms with Crippen molar-refractivity contribution in [2.75, 3.05) is 59.5 Å². The van der Waals surface area contributed by atoms with E-state index in [-0.39, 0.29) is 6.42 Å². The lowest BCUT2D eigenvalue weighted by Gasteiger charge is -2.53. The summed E-state index contributed by atoms with van der Waals surface area (Å²) >= 11 is 0. The molecular formula is C90H158N4O41. The minimum absolute atomic E-state index is 0.0799. The Kier molecular flexibility index (Phi) is 54.9. The summed E-state index contributed by atoms with van der Waals surface area (Å²) in [7, 11) is 0. The second-order valence-electron chi connectivity index (χ2n) is 36.1. The van der Waals surface area contributed by atoms with E-state index in [1.807, 2.05) is 0 Å². The summed E-state index contributed by atoms with van der Waals surface area (Å²) in [5.41, 5.74) is 0. The molecule has 0 aromatic carbocycles. The summed E-state index contributed by atoms with van der Waals surface area (Å²) in [6.45, 7) is -5.54. The van der Waals surface area contributed by atoms with E-state index in [4.69, 9.17) is 56.8 Å². The molecule has 6 rings (SSSR count). The monoisotopic (exact) mass is 1950 g/mol. The quantitative estimate of drug-likeness (QED) is 0.0205. The van der Waals surface area contributed by atoms with Gasteiger partial charge in [0, 0.05) is 26.2 Å². The van der Waals surface area contributed by atoms with Crippen LogP contribution in [0.4, 0.5) is 0 Å². The number of hydrogen-bond donors (Lipinski definition) is 27. The molecule has 0 aromatic rings. The Morgan fingerprint density at radius 3 is 1.19 bits per heavy atom. The van der Waals surface area contributed by atoms with Crippen LogP contribution in [-0.4, -0.2) is 420 Å². The number of aliphatic carboxylic acids is 2. The third kappa shape index (κ3) is 36.1. The van der Waals surface area contributed by atoms with Crippen LogP contribution in [0.15, 0.2) is 24.3 Å². The molecular weight excluding hydrogens is 1790 g/mol. The zero-order valence-corrected chi connectivity index (χ0v) is 77.8. The molecule has 27 N–H and O–H groups in total. The first-order valence-electron chi connectivity index (χ1n) is 48.2. The Morgan fingerprint density at radius 2 is 0.763 bits per heavy atom. The first-order valence-corrected chi connectivity index (χ1v) is 48.2. The molecule has 0 saturated carbocycles. The van der Waals surface area contributed by atoms with Crippen LogP contribution in [0.2, 0.25) is 0 Å². The van der Waals surface area contributed by atoms with Crippen LogP contribution < -0.4 is 21.3 Å². The Hall–Kier alpha value is -5.02. The van der Waals surface area contributed by atoms with Crippen LogP contribution in [0.5, 0.6) is 0 Å². The number of hydrogen-bond acceptors (Lipinski definition) is 39. The van der Waals surface area contributed by atoms with Gasteiger partial charge in [-0.05, 0) is 44.9 Å². The van der Waals surface area contributed by atoms with Gasteiger partial charge in [-0.1, -0.05) is 192 Å². The number of carboxylic acid groups (broad SMARTS) is 2. The SMILES string of the molecule is CCCCCCCC/C=C\CCCCCCCCCCCCCC(=O)N[C@@H](CO[C@@H]1OC(CO)[C@@H](O[C@@H]2OC(CO)[C@H](O[C@@H]3OC(CO)[C@H](O)[C@H](O[C@@H]4OC(CO)[C@H](O)[C@H](O[C@]5(C(=O)O)CC(O)[C@@H](NC(=O)CO)C([C@H](O)[C@H](O)CO)O5)C4O)C3NC(C)=O)[C@H](O[C@]3(C(=O)O)CC(O)[C@@H](NC(=O)CO)C([C@H](O)[C@H](O)CO)O3)C2O)[C@H](O)C1O)[C@H](O)/C=C/CCCCCCCCCCCCC. The molecule has 6 aliphatic heterocycles. The van der Waals surface area contributed by atoms with Gasteiger partial charge in [-0.25, -0.2) is 9.59 Å². The molecule has 34 atom stereocenters. The van der Waals surface area contributed by atoms with Crippen LogP contribution in [0.25, 0.3) is 0 Å². The Bertz CT molecular complexity index is 3400. The number of aliphatic hydroxyl groups is 21. The number of rotatable bonds is 66. The predicted octanol–water partition coefficient (Wildman–Crippen LogP) is -3.81. The van der Waals surface area contributed by atoms with Gasteiger partial charge in [0.2, 0.25) is 23.6 Å².